The summed E-state index contributed by atoms with van der Waals surface area (Å²) in [5.41, 5.74) is 3.79. The summed E-state index contributed by atoms with van der Waals surface area (Å²) in [5.74, 6) is 2.10. The molecule has 1 aromatic heterocycles. The molecule has 1 heterocycles. The van der Waals surface area contributed by atoms with Crippen molar-refractivity contribution in [3.05, 3.63) is 29.2 Å². The molecule has 3 nitrogen and oxygen atoms in total. The van der Waals surface area contributed by atoms with Crippen molar-refractivity contribution in [3.63, 3.8) is 0 Å². The van der Waals surface area contributed by atoms with E-state index in [4.69, 9.17) is 4.98 Å². The molecule has 3 heteroatoms. The number of nitrogens with zero attached hydrogens (tertiary/aromatic N) is 2. The fourth-order valence-electron chi connectivity index (χ4n) is 3.50. The quantitative estimate of drug-likeness (QED) is 0.590. The Kier molecular flexibility index (Phi) is 6.49. The highest BCUT2D eigenvalue weighted by Gasteiger charge is 2.27. The first-order chi connectivity index (χ1) is 10.9. The van der Waals surface area contributed by atoms with Crippen molar-refractivity contribution in [2.75, 3.05) is 5.32 Å². The zero-order valence-corrected chi connectivity index (χ0v) is 17.3. The molecule has 0 radical (unpaired) electrons. The van der Waals surface area contributed by atoms with Crippen LogP contribution in [0.1, 0.15) is 79.2 Å². The summed E-state index contributed by atoms with van der Waals surface area (Å²) in [4.78, 5) is 4.69. The maximum Gasteiger partial charge on any atom is 0.133 e. The molecular weight excluding hydrogens is 294 g/mol. The van der Waals surface area contributed by atoms with Gasteiger partial charge in [-0.25, -0.2) is 4.98 Å². The van der Waals surface area contributed by atoms with Crippen LogP contribution in [0.3, 0.4) is 0 Å². The summed E-state index contributed by atoms with van der Waals surface area (Å²) in [6.07, 6.45) is 5.24. The standard InChI is InChI=1S/C21H37N3/c1-11-15(3)18(12-2)13-24-17(5)22-16(4)19(24)23-21(9,10)14-20(6,7)8/h13,23H,3,11-12,14H2,1-2,4-10H3. The van der Waals surface area contributed by atoms with E-state index in [-0.39, 0.29) is 11.0 Å². The van der Waals surface area contributed by atoms with E-state index in [1.54, 1.807) is 0 Å². The topological polar surface area (TPSA) is 29.9 Å². The average molecular weight is 332 g/mol. The van der Waals surface area contributed by atoms with Crippen LogP contribution in [-0.2, 0) is 0 Å². The minimum Gasteiger partial charge on any atom is -0.365 e. The van der Waals surface area contributed by atoms with E-state index < -0.39 is 0 Å². The highest BCUT2D eigenvalue weighted by Crippen LogP contribution is 2.31. The molecule has 0 saturated carbocycles. The fourth-order valence-corrected chi connectivity index (χ4v) is 3.50. The number of aryl methyl sites for hydroxylation is 2. The average Bonchev–Trinajstić information content (AvgIpc) is 2.66. The van der Waals surface area contributed by atoms with Crippen LogP contribution >= 0.6 is 0 Å². The van der Waals surface area contributed by atoms with Crippen molar-refractivity contribution in [1.29, 1.82) is 0 Å². The van der Waals surface area contributed by atoms with Crippen LogP contribution in [0.4, 0.5) is 5.82 Å². The number of hydrogen-bond donors (Lipinski definition) is 1. The predicted octanol–water partition coefficient (Wildman–Crippen LogP) is 6.34. The summed E-state index contributed by atoms with van der Waals surface area (Å²) in [6.45, 7) is 24.1. The molecule has 0 aliphatic rings. The lowest BCUT2D eigenvalue weighted by atomic mass is 9.82. The van der Waals surface area contributed by atoms with Crippen molar-refractivity contribution in [1.82, 2.24) is 9.55 Å². The van der Waals surface area contributed by atoms with Crippen molar-refractivity contribution in [2.45, 2.75) is 87.1 Å². The van der Waals surface area contributed by atoms with E-state index in [2.05, 4.69) is 85.0 Å². The van der Waals surface area contributed by atoms with Gasteiger partial charge < -0.3 is 5.32 Å². The summed E-state index contributed by atoms with van der Waals surface area (Å²) in [5, 5.41) is 3.75. The second-order valence-corrected chi connectivity index (χ2v) is 8.67. The molecule has 0 bridgehead atoms. The first-order valence-corrected chi connectivity index (χ1v) is 9.12. The smallest absolute Gasteiger partial charge is 0.133 e. The van der Waals surface area contributed by atoms with E-state index in [0.29, 0.717) is 0 Å². The molecule has 0 amide bonds. The van der Waals surface area contributed by atoms with E-state index >= 15 is 0 Å². The summed E-state index contributed by atoms with van der Waals surface area (Å²) >= 11 is 0. The van der Waals surface area contributed by atoms with Gasteiger partial charge in [0, 0.05) is 11.7 Å². The van der Waals surface area contributed by atoms with Gasteiger partial charge in [-0.3, -0.25) is 4.57 Å². The Labute approximate surface area is 149 Å². The molecule has 0 aliphatic carbocycles. The third-order valence-electron chi connectivity index (χ3n) is 4.24. The van der Waals surface area contributed by atoms with Gasteiger partial charge in [0.2, 0.25) is 0 Å². The normalized spacial score (nSPS) is 13.3. The van der Waals surface area contributed by atoms with Gasteiger partial charge in [0.1, 0.15) is 11.6 Å². The van der Waals surface area contributed by atoms with Crippen molar-refractivity contribution in [3.8, 4) is 0 Å². The molecule has 0 aromatic carbocycles. The molecular formula is C21H37N3. The Morgan fingerprint density at radius 1 is 1.12 bits per heavy atom. The Morgan fingerprint density at radius 3 is 2.17 bits per heavy atom. The van der Waals surface area contributed by atoms with E-state index in [1.165, 1.54) is 11.1 Å². The molecule has 136 valence electrons. The third kappa shape index (κ3) is 5.54. The first-order valence-electron chi connectivity index (χ1n) is 9.12. The molecule has 0 aliphatic heterocycles. The third-order valence-corrected chi connectivity index (χ3v) is 4.24. The zero-order valence-electron chi connectivity index (χ0n) is 17.3. The van der Waals surface area contributed by atoms with Crippen LogP contribution in [0, 0.1) is 19.3 Å². The van der Waals surface area contributed by atoms with Crippen LogP contribution in [0.2, 0.25) is 0 Å². The second kappa shape index (κ2) is 7.58. The van der Waals surface area contributed by atoms with Crippen LogP contribution in [0.5, 0.6) is 0 Å². The van der Waals surface area contributed by atoms with Crippen LogP contribution in [0.15, 0.2) is 17.7 Å². The number of anilines is 1. The minimum absolute atomic E-state index is 0.00475. The highest BCUT2D eigenvalue weighted by atomic mass is 15.2. The lowest BCUT2D eigenvalue weighted by Crippen LogP contribution is -2.36. The van der Waals surface area contributed by atoms with Gasteiger partial charge in [-0.15, -0.1) is 0 Å². The molecule has 1 aromatic rings. The molecule has 0 spiro atoms. The SMILES string of the molecule is C=C(CC)C(=Cn1c(C)nc(C)c1NC(C)(C)CC(C)(C)C)CC. The summed E-state index contributed by atoms with van der Waals surface area (Å²) in [7, 11) is 0. The number of aromatic nitrogens is 2. The zero-order chi connectivity index (χ0) is 18.7. The number of imidazole rings is 1. The van der Waals surface area contributed by atoms with Gasteiger partial charge in [0.15, 0.2) is 0 Å². The maximum absolute atomic E-state index is 4.69. The largest absolute Gasteiger partial charge is 0.365 e. The van der Waals surface area contributed by atoms with Gasteiger partial charge in [-0.2, -0.15) is 0 Å². The van der Waals surface area contributed by atoms with Crippen molar-refractivity contribution >= 4 is 12.0 Å². The number of hydrogen-bond acceptors (Lipinski definition) is 2. The van der Waals surface area contributed by atoms with Gasteiger partial charge in [-0.1, -0.05) is 46.8 Å². The van der Waals surface area contributed by atoms with Crippen molar-refractivity contribution < 1.29 is 0 Å². The summed E-state index contributed by atoms with van der Waals surface area (Å²) in [6, 6.07) is 0. The second-order valence-electron chi connectivity index (χ2n) is 8.67. The Hall–Kier alpha value is -1.51. The minimum atomic E-state index is -0.00475. The van der Waals surface area contributed by atoms with Crippen LogP contribution in [0.25, 0.3) is 6.20 Å². The fraction of sp³-hybridized carbons (Fsp3) is 0.667. The Morgan fingerprint density at radius 2 is 1.71 bits per heavy atom. The van der Waals surface area contributed by atoms with Crippen molar-refractivity contribution in [2.24, 2.45) is 5.41 Å². The van der Waals surface area contributed by atoms with Gasteiger partial charge in [-0.05, 0) is 57.9 Å². The van der Waals surface area contributed by atoms with E-state index in [1.807, 2.05) is 0 Å². The number of allylic oxidation sites excluding steroid dienone is 2. The number of rotatable bonds is 7. The molecule has 0 fully saturated rings. The van der Waals surface area contributed by atoms with Crippen LogP contribution in [-0.4, -0.2) is 15.1 Å². The van der Waals surface area contributed by atoms with Gasteiger partial charge >= 0.3 is 0 Å². The molecule has 1 N–H and O–H groups in total. The van der Waals surface area contributed by atoms with E-state index in [9.17, 15) is 0 Å². The summed E-state index contributed by atoms with van der Waals surface area (Å²) < 4.78 is 2.19. The predicted molar refractivity (Wildman–Crippen MR) is 107 cm³/mol. The number of nitrogens with one attached hydrogen (secondary N) is 1. The molecule has 0 saturated heterocycles. The lowest BCUT2D eigenvalue weighted by Gasteiger charge is -2.34. The maximum atomic E-state index is 4.69. The van der Waals surface area contributed by atoms with Gasteiger partial charge in [0.25, 0.3) is 0 Å². The molecule has 1 rings (SSSR count). The van der Waals surface area contributed by atoms with Crippen LogP contribution < -0.4 is 5.32 Å². The highest BCUT2D eigenvalue weighted by molar-refractivity contribution is 5.55. The van der Waals surface area contributed by atoms with Gasteiger partial charge in [0.05, 0.1) is 5.69 Å². The molecule has 0 unspecified atom stereocenters. The molecule has 24 heavy (non-hydrogen) atoms. The Balaban J connectivity index is 3.27. The molecule has 0 atom stereocenters. The van der Waals surface area contributed by atoms with E-state index in [0.717, 1.165) is 36.6 Å². The lowest BCUT2D eigenvalue weighted by molar-refractivity contribution is 0.301. The Bertz CT molecular complexity index is 610. The first kappa shape index (κ1) is 20.5. The monoisotopic (exact) mass is 331 g/mol.